The third kappa shape index (κ3) is 4.85. The van der Waals surface area contributed by atoms with Crippen LogP contribution in [0.25, 0.3) is 0 Å². The van der Waals surface area contributed by atoms with Gasteiger partial charge in [0.15, 0.2) is 0 Å². The highest BCUT2D eigenvalue weighted by atomic mass is 32.2. The van der Waals surface area contributed by atoms with Gasteiger partial charge in [0, 0.05) is 13.0 Å². The topological polar surface area (TPSA) is 75.3 Å². The summed E-state index contributed by atoms with van der Waals surface area (Å²) >= 11 is 0. The Balaban J connectivity index is 2.97. The van der Waals surface area contributed by atoms with Crippen LogP contribution in [-0.4, -0.2) is 20.9 Å². The van der Waals surface area contributed by atoms with Gasteiger partial charge in [-0.05, 0) is 24.5 Å². The molecule has 6 heteroatoms. The van der Waals surface area contributed by atoms with Crippen molar-refractivity contribution in [1.82, 2.24) is 4.72 Å². The molecule has 0 aliphatic rings. The second kappa shape index (κ2) is 6.26. The minimum Gasteiger partial charge on any atom is -0.384 e. The van der Waals surface area contributed by atoms with Crippen molar-refractivity contribution in [2.75, 3.05) is 11.9 Å². The van der Waals surface area contributed by atoms with Gasteiger partial charge in [0.2, 0.25) is 5.91 Å². The number of sulfonamides is 1. The Bertz CT molecular complexity index is 574. The molecule has 5 nitrogen and oxygen atoms in total. The highest BCUT2D eigenvalue weighted by Gasteiger charge is 2.23. The van der Waals surface area contributed by atoms with E-state index in [4.69, 9.17) is 0 Å². The molecule has 1 aromatic carbocycles. The lowest BCUT2D eigenvalue weighted by atomic mass is 9.92. The molecular formula is C14H22N2O3S. The van der Waals surface area contributed by atoms with Crippen molar-refractivity contribution in [1.29, 1.82) is 0 Å². The number of anilines is 1. The maximum atomic E-state index is 12.3. The zero-order chi connectivity index (χ0) is 15.4. The lowest BCUT2D eigenvalue weighted by molar-refractivity contribution is -0.121. The summed E-state index contributed by atoms with van der Waals surface area (Å²) in [5, 5.41) is 2.97. The molecule has 0 aliphatic heterocycles. The van der Waals surface area contributed by atoms with Crippen molar-refractivity contribution in [3.05, 3.63) is 24.3 Å². The lowest BCUT2D eigenvalue weighted by Crippen LogP contribution is -2.33. The number of benzene rings is 1. The first-order valence-corrected chi connectivity index (χ1v) is 8.02. The van der Waals surface area contributed by atoms with Crippen LogP contribution < -0.4 is 10.0 Å². The maximum absolute atomic E-state index is 12.3. The number of carbonyl (C=O) groups excluding carboxylic acids is 1. The van der Waals surface area contributed by atoms with Crippen LogP contribution in [0, 0.1) is 5.41 Å². The monoisotopic (exact) mass is 298 g/mol. The van der Waals surface area contributed by atoms with Gasteiger partial charge in [-0.1, -0.05) is 32.9 Å². The van der Waals surface area contributed by atoms with Crippen molar-refractivity contribution in [2.24, 2.45) is 5.41 Å². The second-order valence-electron chi connectivity index (χ2n) is 5.79. The minimum absolute atomic E-state index is 0.0871. The number of rotatable bonds is 5. The van der Waals surface area contributed by atoms with E-state index < -0.39 is 15.9 Å². The molecule has 1 amide bonds. The molecule has 0 aliphatic carbocycles. The molecule has 0 atom stereocenters. The van der Waals surface area contributed by atoms with Gasteiger partial charge in [0.1, 0.15) is 4.90 Å². The number of hydrogen-bond donors (Lipinski definition) is 2. The second-order valence-corrected chi connectivity index (χ2v) is 7.44. The molecule has 112 valence electrons. The zero-order valence-corrected chi connectivity index (χ0v) is 13.2. The average Bonchev–Trinajstić information content (AvgIpc) is 2.26. The van der Waals surface area contributed by atoms with E-state index in [0.717, 1.165) is 0 Å². The first kappa shape index (κ1) is 16.5. The molecule has 20 heavy (non-hydrogen) atoms. The average molecular weight is 298 g/mol. The van der Waals surface area contributed by atoms with Crippen LogP contribution in [0.3, 0.4) is 0 Å². The molecule has 0 saturated carbocycles. The van der Waals surface area contributed by atoms with E-state index in [1.54, 1.807) is 18.2 Å². The molecular weight excluding hydrogens is 276 g/mol. The highest BCUT2D eigenvalue weighted by Crippen LogP contribution is 2.22. The molecule has 1 aromatic rings. The summed E-state index contributed by atoms with van der Waals surface area (Å²) in [6.07, 6.45) is 0.148. The van der Waals surface area contributed by atoms with Crippen molar-refractivity contribution in [3.63, 3.8) is 0 Å². The van der Waals surface area contributed by atoms with Gasteiger partial charge in [-0.3, -0.25) is 4.79 Å². The smallest absolute Gasteiger partial charge is 0.266 e. The van der Waals surface area contributed by atoms with Gasteiger partial charge in [-0.25, -0.2) is 13.1 Å². The highest BCUT2D eigenvalue weighted by molar-refractivity contribution is 7.90. The van der Waals surface area contributed by atoms with E-state index in [1.807, 2.05) is 27.7 Å². The van der Waals surface area contributed by atoms with Gasteiger partial charge < -0.3 is 5.32 Å². The number of amides is 1. The van der Waals surface area contributed by atoms with Crippen LogP contribution in [0.2, 0.25) is 0 Å². The Morgan fingerprint density at radius 3 is 2.35 bits per heavy atom. The SMILES string of the molecule is CCNc1ccccc1S(=O)(=O)NC(=O)CC(C)(C)C. The number of carbonyl (C=O) groups is 1. The minimum atomic E-state index is -3.85. The van der Waals surface area contributed by atoms with E-state index >= 15 is 0 Å². The summed E-state index contributed by atoms with van der Waals surface area (Å²) in [6.45, 7) is 8.12. The molecule has 0 fully saturated rings. The number of para-hydroxylation sites is 1. The Hall–Kier alpha value is -1.56. The normalized spacial score (nSPS) is 12.0. The molecule has 0 spiro atoms. The van der Waals surface area contributed by atoms with Gasteiger partial charge in [-0.2, -0.15) is 0 Å². The van der Waals surface area contributed by atoms with E-state index in [1.165, 1.54) is 6.07 Å². The van der Waals surface area contributed by atoms with Gasteiger partial charge in [-0.15, -0.1) is 0 Å². The third-order valence-electron chi connectivity index (χ3n) is 2.48. The van der Waals surface area contributed by atoms with Crippen LogP contribution in [0.1, 0.15) is 34.1 Å². The maximum Gasteiger partial charge on any atom is 0.266 e. The molecule has 2 N–H and O–H groups in total. The third-order valence-corrected chi connectivity index (χ3v) is 3.91. The fourth-order valence-corrected chi connectivity index (χ4v) is 2.93. The first-order valence-electron chi connectivity index (χ1n) is 6.54. The van der Waals surface area contributed by atoms with Crippen molar-refractivity contribution >= 4 is 21.6 Å². The molecule has 0 radical (unpaired) electrons. The molecule has 0 bridgehead atoms. The van der Waals surface area contributed by atoms with Crippen LogP contribution >= 0.6 is 0 Å². The van der Waals surface area contributed by atoms with Crippen LogP contribution in [-0.2, 0) is 14.8 Å². The molecule has 0 unspecified atom stereocenters. The number of hydrogen-bond acceptors (Lipinski definition) is 4. The summed E-state index contributed by atoms with van der Waals surface area (Å²) in [6, 6.07) is 6.52. The largest absolute Gasteiger partial charge is 0.384 e. The van der Waals surface area contributed by atoms with Crippen LogP contribution in [0.5, 0.6) is 0 Å². The summed E-state index contributed by atoms with van der Waals surface area (Å²) in [5.41, 5.74) is 0.229. The number of nitrogens with one attached hydrogen (secondary N) is 2. The van der Waals surface area contributed by atoms with E-state index in [0.29, 0.717) is 12.2 Å². The Kier molecular flexibility index (Phi) is 5.16. The van der Waals surface area contributed by atoms with Crippen molar-refractivity contribution < 1.29 is 13.2 Å². The van der Waals surface area contributed by atoms with Gasteiger partial charge >= 0.3 is 0 Å². The predicted octanol–water partition coefficient (Wildman–Crippen LogP) is 2.36. The summed E-state index contributed by atoms with van der Waals surface area (Å²) in [7, 11) is -3.85. The van der Waals surface area contributed by atoms with E-state index in [9.17, 15) is 13.2 Å². The van der Waals surface area contributed by atoms with Crippen molar-refractivity contribution in [3.8, 4) is 0 Å². The Labute approximate surface area is 120 Å². The Morgan fingerprint density at radius 2 is 1.80 bits per heavy atom. The summed E-state index contributed by atoms with van der Waals surface area (Å²) in [5.74, 6) is -0.496. The zero-order valence-electron chi connectivity index (χ0n) is 12.4. The van der Waals surface area contributed by atoms with E-state index in [2.05, 4.69) is 10.0 Å². The molecule has 0 saturated heterocycles. The van der Waals surface area contributed by atoms with Gasteiger partial charge in [0.25, 0.3) is 10.0 Å². The van der Waals surface area contributed by atoms with Crippen molar-refractivity contribution in [2.45, 2.75) is 39.0 Å². The quantitative estimate of drug-likeness (QED) is 0.875. The summed E-state index contributed by atoms with van der Waals surface area (Å²) in [4.78, 5) is 11.9. The lowest BCUT2D eigenvalue weighted by Gasteiger charge is -2.18. The fraction of sp³-hybridized carbons (Fsp3) is 0.500. The van der Waals surface area contributed by atoms with Crippen LogP contribution in [0.15, 0.2) is 29.2 Å². The standard InChI is InChI=1S/C14H22N2O3S/c1-5-15-11-8-6-7-9-12(11)20(18,19)16-13(17)10-14(2,3)4/h6-9,15H,5,10H2,1-4H3,(H,16,17). The summed E-state index contributed by atoms with van der Waals surface area (Å²) < 4.78 is 26.6. The Morgan fingerprint density at radius 1 is 1.20 bits per heavy atom. The molecule has 1 rings (SSSR count). The first-order chi connectivity index (χ1) is 9.15. The van der Waals surface area contributed by atoms with E-state index in [-0.39, 0.29) is 16.7 Å². The van der Waals surface area contributed by atoms with Gasteiger partial charge in [0.05, 0.1) is 5.69 Å². The predicted molar refractivity (Wildman–Crippen MR) is 80.0 cm³/mol. The fourth-order valence-electron chi connectivity index (χ4n) is 1.76. The molecule has 0 heterocycles. The van der Waals surface area contributed by atoms with Crippen LogP contribution in [0.4, 0.5) is 5.69 Å². The molecule has 0 aromatic heterocycles.